The van der Waals surface area contributed by atoms with Gasteiger partial charge in [-0.1, -0.05) is 19.1 Å². The molecule has 0 saturated carbocycles. The molecular weight excluding hydrogens is 275 g/mol. The number of imidazole rings is 1. The van der Waals surface area contributed by atoms with Gasteiger partial charge in [0.25, 0.3) is 0 Å². The van der Waals surface area contributed by atoms with Crippen molar-refractivity contribution in [3.8, 4) is 0 Å². The first-order valence-corrected chi connectivity index (χ1v) is 5.42. The van der Waals surface area contributed by atoms with E-state index < -0.39 is 0 Å². The van der Waals surface area contributed by atoms with Gasteiger partial charge in [-0.3, -0.25) is 2.78 Å². The Morgan fingerprint density at radius 1 is 1.38 bits per heavy atom. The van der Waals surface area contributed by atoms with Crippen LogP contribution in [0.15, 0.2) is 24.3 Å². The molecule has 0 spiro atoms. The number of aromatic nitrogens is 2. The van der Waals surface area contributed by atoms with Crippen LogP contribution in [0.2, 0.25) is 0 Å². The summed E-state index contributed by atoms with van der Waals surface area (Å²) in [5.41, 5.74) is 2.31. The minimum atomic E-state index is 1.05. The fraction of sp³-hybridized carbons (Fsp3) is 0.300. The first kappa shape index (κ1) is 8.99. The molecule has 0 bridgehead atoms. The molecule has 2 rings (SSSR count). The predicted octanol–water partition coefficient (Wildman–Crippen LogP) is 3.19. The molecule has 13 heavy (non-hydrogen) atoms. The number of fused-ring (bicyclic) bond motifs is 1. The van der Waals surface area contributed by atoms with Crippen molar-refractivity contribution < 1.29 is 0 Å². The molecule has 0 radical (unpaired) electrons. The molecule has 0 unspecified atom stereocenters. The van der Waals surface area contributed by atoms with E-state index in [4.69, 9.17) is 0 Å². The van der Waals surface area contributed by atoms with Crippen molar-refractivity contribution in [2.45, 2.75) is 19.8 Å². The van der Waals surface area contributed by atoms with E-state index in [1.165, 1.54) is 11.3 Å². The first-order chi connectivity index (χ1) is 6.33. The van der Waals surface area contributed by atoms with E-state index in [1.54, 1.807) is 0 Å². The smallest absolute Gasteiger partial charge is 0.118 e. The van der Waals surface area contributed by atoms with Gasteiger partial charge in [0.1, 0.15) is 5.82 Å². The molecule has 3 heteroatoms. The molecule has 2 nitrogen and oxygen atoms in total. The topological polar surface area (TPSA) is 17.8 Å². The van der Waals surface area contributed by atoms with E-state index in [0.717, 1.165) is 18.4 Å². The summed E-state index contributed by atoms with van der Waals surface area (Å²) in [7, 11) is 0. The van der Waals surface area contributed by atoms with E-state index in [0.29, 0.717) is 0 Å². The standard InChI is InChI=1S/C10H11IN2/c1-2-5-10-12-8-6-3-4-7-9(8)13(10)11/h3-4,6-7H,2,5H2,1H3. The Labute approximate surface area is 91.5 Å². The highest BCUT2D eigenvalue weighted by Crippen LogP contribution is 2.19. The summed E-state index contributed by atoms with van der Waals surface area (Å²) in [5, 5.41) is 0. The molecular formula is C10H11IN2. The highest BCUT2D eigenvalue weighted by Gasteiger charge is 2.05. The summed E-state index contributed by atoms with van der Waals surface area (Å²) in [6, 6.07) is 8.24. The number of hydrogen-bond donors (Lipinski definition) is 0. The Morgan fingerprint density at radius 2 is 2.15 bits per heavy atom. The molecule has 0 aliphatic rings. The molecule has 0 fully saturated rings. The van der Waals surface area contributed by atoms with Gasteiger partial charge in [-0.15, -0.1) is 0 Å². The Bertz CT molecular complexity index is 420. The third kappa shape index (κ3) is 1.57. The van der Waals surface area contributed by atoms with Crippen molar-refractivity contribution in [2.75, 3.05) is 0 Å². The molecule has 0 atom stereocenters. The van der Waals surface area contributed by atoms with Gasteiger partial charge < -0.3 is 0 Å². The Balaban J connectivity index is 2.60. The van der Waals surface area contributed by atoms with Crippen molar-refractivity contribution in [1.29, 1.82) is 0 Å². The SMILES string of the molecule is CCCc1nc2ccccc2n1I. The highest BCUT2D eigenvalue weighted by molar-refractivity contribution is 14.1. The number of nitrogens with zero attached hydrogens (tertiary/aromatic N) is 2. The number of halogens is 1. The zero-order chi connectivity index (χ0) is 9.26. The average Bonchev–Trinajstić information content (AvgIpc) is 2.46. The summed E-state index contributed by atoms with van der Waals surface area (Å²) in [6.45, 7) is 2.18. The van der Waals surface area contributed by atoms with Crippen molar-refractivity contribution in [3.63, 3.8) is 0 Å². The lowest BCUT2D eigenvalue weighted by Gasteiger charge is -1.96. The van der Waals surface area contributed by atoms with Gasteiger partial charge in [-0.05, 0) is 18.6 Å². The summed E-state index contributed by atoms with van der Waals surface area (Å²) < 4.78 is 2.15. The van der Waals surface area contributed by atoms with Crippen LogP contribution < -0.4 is 0 Å². The van der Waals surface area contributed by atoms with Crippen LogP contribution >= 0.6 is 22.9 Å². The van der Waals surface area contributed by atoms with Gasteiger partial charge in [0.05, 0.1) is 33.9 Å². The van der Waals surface area contributed by atoms with Gasteiger partial charge in [0.15, 0.2) is 0 Å². The third-order valence-electron chi connectivity index (χ3n) is 2.04. The maximum Gasteiger partial charge on any atom is 0.118 e. The number of para-hydroxylation sites is 2. The van der Waals surface area contributed by atoms with Gasteiger partial charge >= 0.3 is 0 Å². The molecule has 0 aliphatic heterocycles. The van der Waals surface area contributed by atoms with Crippen LogP contribution in [-0.4, -0.2) is 7.76 Å². The number of hydrogen-bond acceptors (Lipinski definition) is 1. The minimum Gasteiger partial charge on any atom is -0.268 e. The van der Waals surface area contributed by atoms with Crippen LogP contribution in [0.25, 0.3) is 11.0 Å². The molecule has 0 amide bonds. The second kappa shape index (κ2) is 3.65. The van der Waals surface area contributed by atoms with Crippen LogP contribution in [0.1, 0.15) is 19.2 Å². The zero-order valence-corrected chi connectivity index (χ0v) is 9.65. The second-order valence-corrected chi connectivity index (χ2v) is 4.01. The van der Waals surface area contributed by atoms with Crippen molar-refractivity contribution in [1.82, 2.24) is 7.76 Å². The molecule has 0 N–H and O–H groups in total. The molecule has 0 saturated heterocycles. The fourth-order valence-electron chi connectivity index (χ4n) is 1.42. The quantitative estimate of drug-likeness (QED) is 0.775. The molecule has 2 aromatic rings. The van der Waals surface area contributed by atoms with Crippen LogP contribution in [0.3, 0.4) is 0 Å². The van der Waals surface area contributed by atoms with E-state index in [9.17, 15) is 0 Å². The van der Waals surface area contributed by atoms with Crippen molar-refractivity contribution >= 4 is 33.9 Å². The fourth-order valence-corrected chi connectivity index (χ4v) is 2.18. The monoisotopic (exact) mass is 286 g/mol. The maximum atomic E-state index is 4.56. The maximum absolute atomic E-state index is 4.56. The van der Waals surface area contributed by atoms with Crippen molar-refractivity contribution in [2.24, 2.45) is 0 Å². The minimum absolute atomic E-state index is 1.05. The Hall–Kier alpha value is -0.580. The van der Waals surface area contributed by atoms with E-state index in [2.05, 4.69) is 55.8 Å². The Morgan fingerprint density at radius 3 is 2.85 bits per heavy atom. The molecule has 1 aromatic heterocycles. The largest absolute Gasteiger partial charge is 0.268 e. The van der Waals surface area contributed by atoms with Crippen LogP contribution in [-0.2, 0) is 6.42 Å². The molecule has 1 heterocycles. The molecule has 0 aliphatic carbocycles. The summed E-state index contributed by atoms with van der Waals surface area (Å²) in [4.78, 5) is 4.56. The van der Waals surface area contributed by atoms with E-state index in [1.807, 2.05) is 6.07 Å². The number of aryl methyl sites for hydroxylation is 1. The van der Waals surface area contributed by atoms with E-state index in [-0.39, 0.29) is 0 Å². The van der Waals surface area contributed by atoms with Crippen LogP contribution in [0.4, 0.5) is 0 Å². The lowest BCUT2D eigenvalue weighted by atomic mass is 10.3. The summed E-state index contributed by atoms with van der Waals surface area (Å²) >= 11 is 2.31. The average molecular weight is 286 g/mol. The lowest BCUT2D eigenvalue weighted by molar-refractivity contribution is 0.856. The van der Waals surface area contributed by atoms with Gasteiger partial charge in [-0.25, -0.2) is 4.98 Å². The van der Waals surface area contributed by atoms with E-state index >= 15 is 0 Å². The summed E-state index contributed by atoms with van der Waals surface area (Å²) in [6.07, 6.45) is 2.20. The number of rotatable bonds is 2. The van der Waals surface area contributed by atoms with Crippen molar-refractivity contribution in [3.05, 3.63) is 30.1 Å². The Kier molecular flexibility index (Phi) is 2.53. The highest BCUT2D eigenvalue weighted by atomic mass is 127. The zero-order valence-electron chi connectivity index (χ0n) is 7.50. The van der Waals surface area contributed by atoms with Gasteiger partial charge in [0, 0.05) is 6.42 Å². The third-order valence-corrected chi connectivity index (χ3v) is 3.12. The lowest BCUT2D eigenvalue weighted by Crippen LogP contribution is -1.90. The predicted molar refractivity (Wildman–Crippen MR) is 63.1 cm³/mol. The molecule has 68 valence electrons. The normalized spacial score (nSPS) is 10.9. The van der Waals surface area contributed by atoms with Crippen LogP contribution in [0, 0.1) is 0 Å². The second-order valence-electron chi connectivity index (χ2n) is 3.05. The van der Waals surface area contributed by atoms with Gasteiger partial charge in [-0.2, -0.15) is 0 Å². The number of benzene rings is 1. The first-order valence-electron chi connectivity index (χ1n) is 4.45. The van der Waals surface area contributed by atoms with Crippen LogP contribution in [0.5, 0.6) is 0 Å². The van der Waals surface area contributed by atoms with Gasteiger partial charge in [0.2, 0.25) is 0 Å². The summed E-state index contributed by atoms with van der Waals surface area (Å²) in [5.74, 6) is 1.17. The molecule has 1 aromatic carbocycles.